The third kappa shape index (κ3) is 5.15. The molecule has 1 saturated heterocycles. The highest BCUT2D eigenvalue weighted by Gasteiger charge is 2.71. The van der Waals surface area contributed by atoms with Gasteiger partial charge in [-0.05, 0) is 73.7 Å². The van der Waals surface area contributed by atoms with Gasteiger partial charge < -0.3 is 29.4 Å². The summed E-state index contributed by atoms with van der Waals surface area (Å²) in [6.45, 7) is 10.5. The molecule has 0 spiro atoms. The number of ether oxygens (including phenoxy) is 4. The molecule has 2 aliphatic heterocycles. The SMILES string of the molecule is CC(=O)OC1CC2(O)C3CCC4CC(NC(=O)OCCN5CCOCC5)CCC4(C)C3CCC2(C)C1C1=CC(=O)OC1. The zero-order valence-electron chi connectivity index (χ0n) is 25.4. The van der Waals surface area contributed by atoms with Crippen LogP contribution < -0.4 is 5.32 Å². The van der Waals surface area contributed by atoms with Gasteiger partial charge in [0.2, 0.25) is 0 Å². The average Bonchev–Trinajstić information content (AvgIpc) is 3.46. The quantitative estimate of drug-likeness (QED) is 0.356. The summed E-state index contributed by atoms with van der Waals surface area (Å²) in [6, 6.07) is 0.100. The molecule has 42 heavy (non-hydrogen) atoms. The summed E-state index contributed by atoms with van der Waals surface area (Å²) in [7, 11) is 0. The van der Waals surface area contributed by atoms with Crippen LogP contribution in [0.5, 0.6) is 0 Å². The Bertz CT molecular complexity index is 1110. The second kappa shape index (κ2) is 11.4. The van der Waals surface area contributed by atoms with Gasteiger partial charge in [-0.2, -0.15) is 0 Å². The molecule has 6 rings (SSSR count). The minimum Gasteiger partial charge on any atom is -0.462 e. The molecule has 9 unspecified atom stereocenters. The number of carbonyl (C=O) groups excluding carboxylic acids is 3. The van der Waals surface area contributed by atoms with Gasteiger partial charge in [-0.15, -0.1) is 0 Å². The molecule has 6 aliphatic rings. The molecule has 0 radical (unpaired) electrons. The molecule has 4 saturated carbocycles. The van der Waals surface area contributed by atoms with E-state index in [4.69, 9.17) is 18.9 Å². The van der Waals surface area contributed by atoms with Crippen LogP contribution in [0, 0.1) is 34.5 Å². The van der Waals surface area contributed by atoms with Crippen molar-refractivity contribution in [2.45, 2.75) is 89.9 Å². The average molecular weight is 589 g/mol. The number of esters is 2. The molecule has 9 atom stereocenters. The summed E-state index contributed by atoms with van der Waals surface area (Å²) < 4.78 is 22.0. The van der Waals surface area contributed by atoms with Gasteiger partial charge in [0.15, 0.2) is 0 Å². The number of rotatable bonds is 6. The fraction of sp³-hybridized carbons (Fsp3) is 0.844. The summed E-state index contributed by atoms with van der Waals surface area (Å²) >= 11 is 0. The van der Waals surface area contributed by atoms with E-state index in [9.17, 15) is 19.5 Å². The molecule has 0 aromatic carbocycles. The topological polar surface area (TPSA) is 124 Å². The Labute approximate surface area is 248 Å². The number of hydrogen-bond acceptors (Lipinski definition) is 9. The lowest BCUT2D eigenvalue weighted by Crippen LogP contribution is -2.62. The Morgan fingerprint density at radius 2 is 1.90 bits per heavy atom. The first-order chi connectivity index (χ1) is 20.0. The number of nitrogens with zero attached hydrogens (tertiary/aromatic N) is 1. The third-order valence-electron chi connectivity index (χ3n) is 12.3. The van der Waals surface area contributed by atoms with E-state index in [1.807, 2.05) is 0 Å². The summed E-state index contributed by atoms with van der Waals surface area (Å²) in [6.07, 6.45) is 7.65. The number of carbonyl (C=O) groups is 3. The van der Waals surface area contributed by atoms with Crippen LogP contribution in [0.25, 0.3) is 0 Å². The smallest absolute Gasteiger partial charge is 0.407 e. The lowest BCUT2D eigenvalue weighted by atomic mass is 9.43. The number of hydrogen-bond donors (Lipinski definition) is 2. The molecule has 0 bridgehead atoms. The van der Waals surface area contributed by atoms with Crippen molar-refractivity contribution < 1.29 is 38.4 Å². The number of nitrogens with one attached hydrogen (secondary N) is 1. The predicted octanol–water partition coefficient (Wildman–Crippen LogP) is 3.21. The normalized spacial score (nSPS) is 43.3. The van der Waals surface area contributed by atoms with Crippen LogP contribution in [0.3, 0.4) is 0 Å². The molecule has 10 heteroatoms. The molecule has 0 aromatic heterocycles. The van der Waals surface area contributed by atoms with Crippen molar-refractivity contribution in [3.8, 4) is 0 Å². The van der Waals surface area contributed by atoms with Gasteiger partial charge in [-0.1, -0.05) is 13.8 Å². The highest BCUT2D eigenvalue weighted by Crippen LogP contribution is 2.70. The molecule has 10 nitrogen and oxygen atoms in total. The van der Waals surface area contributed by atoms with E-state index in [0.717, 1.165) is 83.4 Å². The number of alkyl carbamates (subject to hydrolysis) is 1. The minimum atomic E-state index is -0.999. The second-order valence-corrected chi connectivity index (χ2v) is 14.2. The molecule has 4 aliphatic carbocycles. The van der Waals surface area contributed by atoms with Crippen molar-refractivity contribution in [2.24, 2.45) is 34.5 Å². The van der Waals surface area contributed by atoms with E-state index in [0.29, 0.717) is 24.9 Å². The van der Waals surface area contributed by atoms with Crippen molar-refractivity contribution in [3.05, 3.63) is 11.6 Å². The van der Waals surface area contributed by atoms with Crippen LogP contribution in [0.2, 0.25) is 0 Å². The van der Waals surface area contributed by atoms with Gasteiger partial charge in [-0.3, -0.25) is 9.69 Å². The fourth-order valence-electron chi connectivity index (χ4n) is 10.2. The maximum Gasteiger partial charge on any atom is 0.407 e. The van der Waals surface area contributed by atoms with Crippen molar-refractivity contribution in [1.82, 2.24) is 10.2 Å². The fourth-order valence-corrected chi connectivity index (χ4v) is 10.2. The molecular formula is C32H48N2O8. The van der Waals surface area contributed by atoms with Crippen LogP contribution in [0.4, 0.5) is 4.79 Å². The number of morpholine rings is 1. The lowest BCUT2D eigenvalue weighted by Gasteiger charge is -2.63. The number of amides is 1. The molecule has 5 fully saturated rings. The van der Waals surface area contributed by atoms with E-state index in [2.05, 4.69) is 24.1 Å². The van der Waals surface area contributed by atoms with Gasteiger partial charge >= 0.3 is 18.0 Å². The molecule has 0 aromatic rings. The van der Waals surface area contributed by atoms with E-state index >= 15 is 0 Å². The standard InChI is InChI=1S/C32H48N2O8/c1-20(35)42-26-18-32(38)25-5-4-22-17-23(33-29(37)40-15-12-34-10-13-39-14-11-34)6-8-30(22,2)24(25)7-9-31(32,3)28(26)21-16-27(36)41-19-21/h16,22-26,28,38H,4-15,17-19H2,1-3H3,(H,33,37). The largest absolute Gasteiger partial charge is 0.462 e. The maximum atomic E-state index is 12.7. The Hall–Kier alpha value is -2.17. The van der Waals surface area contributed by atoms with Crippen molar-refractivity contribution >= 4 is 18.0 Å². The molecule has 234 valence electrons. The van der Waals surface area contributed by atoms with Crippen LogP contribution in [0.15, 0.2) is 11.6 Å². The highest BCUT2D eigenvalue weighted by molar-refractivity contribution is 5.85. The Morgan fingerprint density at radius 3 is 2.62 bits per heavy atom. The van der Waals surface area contributed by atoms with Gasteiger partial charge in [-0.25, -0.2) is 9.59 Å². The summed E-state index contributed by atoms with van der Waals surface area (Å²) in [5, 5.41) is 15.8. The molecular weight excluding hydrogens is 540 g/mol. The molecule has 1 amide bonds. The van der Waals surface area contributed by atoms with Crippen LogP contribution in [0.1, 0.15) is 72.1 Å². The van der Waals surface area contributed by atoms with Crippen LogP contribution >= 0.6 is 0 Å². The van der Waals surface area contributed by atoms with Gasteiger partial charge in [0, 0.05) is 56.4 Å². The molecule has 2 heterocycles. The van der Waals surface area contributed by atoms with Gasteiger partial charge in [0.05, 0.1) is 18.8 Å². The second-order valence-electron chi connectivity index (χ2n) is 14.2. The van der Waals surface area contributed by atoms with E-state index in [1.54, 1.807) is 6.08 Å². The van der Waals surface area contributed by atoms with Crippen LogP contribution in [-0.2, 0) is 28.5 Å². The van der Waals surface area contributed by atoms with E-state index in [-0.39, 0.29) is 47.9 Å². The summed E-state index contributed by atoms with van der Waals surface area (Å²) in [5.74, 6) is -0.0579. The summed E-state index contributed by atoms with van der Waals surface area (Å²) in [5.41, 5.74) is -0.604. The van der Waals surface area contributed by atoms with Gasteiger partial charge in [0.1, 0.15) is 19.3 Å². The van der Waals surface area contributed by atoms with Crippen molar-refractivity contribution in [3.63, 3.8) is 0 Å². The van der Waals surface area contributed by atoms with E-state index in [1.165, 1.54) is 6.92 Å². The van der Waals surface area contributed by atoms with E-state index < -0.39 is 17.1 Å². The first-order valence-electron chi connectivity index (χ1n) is 16.0. The zero-order valence-corrected chi connectivity index (χ0v) is 25.4. The predicted molar refractivity (Wildman–Crippen MR) is 152 cm³/mol. The minimum absolute atomic E-state index is 0.0686. The highest BCUT2D eigenvalue weighted by atomic mass is 16.6. The monoisotopic (exact) mass is 588 g/mol. The first kappa shape index (κ1) is 29.9. The third-order valence-corrected chi connectivity index (χ3v) is 12.3. The number of fused-ring (bicyclic) bond motifs is 5. The first-order valence-corrected chi connectivity index (χ1v) is 16.0. The van der Waals surface area contributed by atoms with Crippen molar-refractivity contribution in [1.29, 1.82) is 0 Å². The summed E-state index contributed by atoms with van der Waals surface area (Å²) in [4.78, 5) is 39.0. The molecule has 2 N–H and O–H groups in total. The van der Waals surface area contributed by atoms with Crippen LogP contribution in [-0.4, -0.2) is 91.8 Å². The Morgan fingerprint density at radius 1 is 1.12 bits per heavy atom. The van der Waals surface area contributed by atoms with Crippen molar-refractivity contribution in [2.75, 3.05) is 46.1 Å². The Kier molecular flexibility index (Phi) is 8.11. The number of aliphatic hydroxyl groups is 1. The zero-order chi connectivity index (χ0) is 29.7. The van der Waals surface area contributed by atoms with Gasteiger partial charge in [0.25, 0.3) is 0 Å². The number of cyclic esters (lactones) is 1. The maximum absolute atomic E-state index is 12.7. The lowest BCUT2D eigenvalue weighted by molar-refractivity contribution is -0.204. The Balaban J connectivity index is 1.12.